The van der Waals surface area contributed by atoms with Crippen molar-refractivity contribution in [3.63, 3.8) is 0 Å². The molecule has 5 nitrogen and oxygen atoms in total. The Balaban J connectivity index is 1.31. The largest absolute Gasteiger partial charge is 0.307 e. The zero-order chi connectivity index (χ0) is 41.6. The standard InChI is InChI=1S/C57H47N5/c1-3-23-41-38-42-36-37-47-46-32-19-20-33-49(46)60(43-28-15-6-5-7-16-29-43)55(47)54(42)62(48(41)4-2)57-58-52(39-24-11-8-9-12-25-39)56(53(59-57)40-26-13-10-14-27-40)61-50-34-21-17-30-44(50)45-31-18-22-35-51(45)61/h3-4,6,10-11,13-37H,2,5,7-9,12,38H2,1H3/b15-6-,23-3-,29-16-,43-28+. The fraction of sp³-hybridized carbons (Fsp3) is 0.123. The molecule has 62 heavy (non-hydrogen) atoms. The predicted molar refractivity (Wildman–Crippen MR) is 262 cm³/mol. The molecule has 0 saturated heterocycles. The molecule has 8 aromatic rings. The molecule has 11 rings (SSSR count). The molecular formula is C57H47N5. The first kappa shape index (κ1) is 37.5. The van der Waals surface area contributed by atoms with Gasteiger partial charge in [-0.1, -0.05) is 152 Å². The Morgan fingerprint density at radius 2 is 1.27 bits per heavy atom. The molecule has 0 amide bonds. The summed E-state index contributed by atoms with van der Waals surface area (Å²) in [5.74, 6) is 0.603. The molecule has 5 aromatic carbocycles. The lowest BCUT2D eigenvalue weighted by molar-refractivity contribution is 0.876. The highest BCUT2D eigenvalue weighted by molar-refractivity contribution is 6.16. The van der Waals surface area contributed by atoms with Gasteiger partial charge in [0, 0.05) is 39.2 Å². The fourth-order valence-electron chi connectivity index (χ4n) is 9.81. The van der Waals surface area contributed by atoms with Crippen LogP contribution in [0.15, 0.2) is 200 Å². The number of aromatic nitrogens is 4. The van der Waals surface area contributed by atoms with Crippen LogP contribution in [-0.4, -0.2) is 19.1 Å². The van der Waals surface area contributed by atoms with E-state index >= 15 is 0 Å². The summed E-state index contributed by atoms with van der Waals surface area (Å²) < 4.78 is 4.86. The summed E-state index contributed by atoms with van der Waals surface area (Å²) in [6, 6.07) is 41.5. The first-order valence-electron chi connectivity index (χ1n) is 21.9. The van der Waals surface area contributed by atoms with Crippen molar-refractivity contribution in [2.45, 2.75) is 45.4 Å². The van der Waals surface area contributed by atoms with Crippen LogP contribution in [0.2, 0.25) is 0 Å². The van der Waals surface area contributed by atoms with E-state index in [0.717, 1.165) is 111 Å². The van der Waals surface area contributed by atoms with E-state index in [0.29, 0.717) is 5.95 Å². The minimum Gasteiger partial charge on any atom is -0.307 e. The van der Waals surface area contributed by atoms with E-state index in [1.807, 2.05) is 6.08 Å². The number of para-hydroxylation sites is 3. The molecule has 0 atom stereocenters. The highest BCUT2D eigenvalue weighted by Gasteiger charge is 2.33. The predicted octanol–water partition coefficient (Wildman–Crippen LogP) is 14.9. The third-order valence-electron chi connectivity index (χ3n) is 12.5. The van der Waals surface area contributed by atoms with E-state index in [1.54, 1.807) is 0 Å². The van der Waals surface area contributed by atoms with Gasteiger partial charge in [-0.2, -0.15) is 0 Å². The van der Waals surface area contributed by atoms with Crippen molar-refractivity contribution >= 4 is 66.5 Å². The number of hydrogen-bond acceptors (Lipinski definition) is 3. The van der Waals surface area contributed by atoms with Gasteiger partial charge in [-0.15, -0.1) is 0 Å². The molecule has 2 aliphatic carbocycles. The summed E-state index contributed by atoms with van der Waals surface area (Å²) in [6.07, 6.45) is 30.4. The van der Waals surface area contributed by atoms with Gasteiger partial charge in [0.25, 0.3) is 0 Å². The summed E-state index contributed by atoms with van der Waals surface area (Å²) in [5.41, 5.74) is 14.9. The van der Waals surface area contributed by atoms with Crippen molar-refractivity contribution in [2.75, 3.05) is 4.90 Å². The first-order chi connectivity index (χ1) is 30.7. The second kappa shape index (κ2) is 15.8. The smallest absolute Gasteiger partial charge is 0.235 e. The van der Waals surface area contributed by atoms with Gasteiger partial charge < -0.3 is 9.13 Å². The Morgan fingerprint density at radius 3 is 2.02 bits per heavy atom. The second-order valence-electron chi connectivity index (χ2n) is 16.2. The highest BCUT2D eigenvalue weighted by Crippen LogP contribution is 2.48. The van der Waals surface area contributed by atoms with Crippen LogP contribution in [-0.2, 0) is 6.42 Å². The zero-order valence-electron chi connectivity index (χ0n) is 35.0. The number of allylic oxidation sites excluding steroid dienone is 14. The van der Waals surface area contributed by atoms with Crippen molar-refractivity contribution in [3.8, 4) is 16.9 Å². The molecule has 0 unspecified atom stereocenters. The van der Waals surface area contributed by atoms with E-state index < -0.39 is 0 Å². The van der Waals surface area contributed by atoms with Crippen LogP contribution in [0.5, 0.6) is 0 Å². The van der Waals surface area contributed by atoms with Gasteiger partial charge in [-0.05, 0) is 92.2 Å². The summed E-state index contributed by atoms with van der Waals surface area (Å²) in [5, 5.41) is 4.78. The van der Waals surface area contributed by atoms with Crippen LogP contribution < -0.4 is 4.90 Å². The summed E-state index contributed by atoms with van der Waals surface area (Å²) in [6.45, 7) is 6.59. The highest BCUT2D eigenvalue weighted by atomic mass is 15.3. The number of benzene rings is 5. The van der Waals surface area contributed by atoms with Crippen LogP contribution in [0.25, 0.3) is 71.8 Å². The quantitative estimate of drug-likeness (QED) is 0.161. The molecule has 0 fully saturated rings. The Labute approximate surface area is 362 Å². The molecule has 0 radical (unpaired) electrons. The average molecular weight is 802 g/mol. The van der Waals surface area contributed by atoms with Gasteiger partial charge in [0.05, 0.1) is 39.1 Å². The van der Waals surface area contributed by atoms with Crippen LogP contribution >= 0.6 is 0 Å². The average Bonchev–Trinajstić information content (AvgIpc) is 3.66. The monoisotopic (exact) mass is 801 g/mol. The maximum Gasteiger partial charge on any atom is 0.235 e. The minimum absolute atomic E-state index is 0.603. The van der Waals surface area contributed by atoms with Gasteiger partial charge in [0.1, 0.15) is 11.4 Å². The molecule has 0 spiro atoms. The van der Waals surface area contributed by atoms with Gasteiger partial charge in [-0.25, -0.2) is 9.97 Å². The van der Waals surface area contributed by atoms with E-state index in [1.165, 1.54) is 27.1 Å². The first-order valence-corrected chi connectivity index (χ1v) is 21.9. The van der Waals surface area contributed by atoms with E-state index in [4.69, 9.17) is 9.97 Å². The molecule has 0 N–H and O–H groups in total. The molecule has 3 aliphatic rings. The maximum atomic E-state index is 5.86. The maximum absolute atomic E-state index is 5.86. The van der Waals surface area contributed by atoms with Gasteiger partial charge in [-0.3, -0.25) is 4.90 Å². The Hall–Kier alpha value is -7.50. The van der Waals surface area contributed by atoms with Crippen LogP contribution in [0, 0.1) is 0 Å². The fourth-order valence-corrected chi connectivity index (χ4v) is 9.81. The van der Waals surface area contributed by atoms with Gasteiger partial charge in [0.15, 0.2) is 0 Å². The number of nitrogens with zero attached hydrogens (tertiary/aromatic N) is 5. The zero-order valence-corrected chi connectivity index (χ0v) is 35.0. The molecule has 0 bridgehead atoms. The van der Waals surface area contributed by atoms with Crippen LogP contribution in [0.1, 0.15) is 50.3 Å². The Bertz CT molecular complexity index is 3270. The summed E-state index contributed by atoms with van der Waals surface area (Å²) >= 11 is 0. The molecular weight excluding hydrogens is 755 g/mol. The Kier molecular flexibility index (Phi) is 9.58. The van der Waals surface area contributed by atoms with Crippen LogP contribution in [0.4, 0.5) is 11.6 Å². The van der Waals surface area contributed by atoms with Crippen molar-refractivity contribution in [1.82, 2.24) is 19.1 Å². The van der Waals surface area contributed by atoms with Crippen molar-refractivity contribution in [3.05, 3.63) is 211 Å². The minimum atomic E-state index is 0.603. The SMILES string of the molecule is C=CC1=C(/C=C\C)Cc2ccc3c4ccccc4n(C4=C/C=C\CC/C=C\4)c3c2N1c1nc(C2=CCCCC=C2)c(-n2c3ccccc3c3ccccc32)c(-c2ccccc2)n1. The van der Waals surface area contributed by atoms with E-state index in [2.05, 4.69) is 204 Å². The lowest BCUT2D eigenvalue weighted by Crippen LogP contribution is -2.26. The number of fused-ring (bicyclic) bond motifs is 8. The molecule has 300 valence electrons. The van der Waals surface area contributed by atoms with E-state index in [-0.39, 0.29) is 0 Å². The van der Waals surface area contributed by atoms with Gasteiger partial charge >= 0.3 is 0 Å². The van der Waals surface area contributed by atoms with E-state index in [9.17, 15) is 0 Å². The third kappa shape index (κ3) is 6.15. The van der Waals surface area contributed by atoms with Crippen molar-refractivity contribution < 1.29 is 0 Å². The molecule has 5 heteroatoms. The number of anilines is 2. The van der Waals surface area contributed by atoms with Gasteiger partial charge in [0.2, 0.25) is 5.95 Å². The molecule has 3 aromatic heterocycles. The third-order valence-corrected chi connectivity index (χ3v) is 12.5. The number of hydrogen-bond donors (Lipinski definition) is 0. The topological polar surface area (TPSA) is 38.9 Å². The Morgan fingerprint density at radius 1 is 0.613 bits per heavy atom. The lowest BCUT2D eigenvalue weighted by atomic mass is 9.93. The summed E-state index contributed by atoms with van der Waals surface area (Å²) in [4.78, 5) is 14.0. The second-order valence-corrected chi connectivity index (χ2v) is 16.2. The summed E-state index contributed by atoms with van der Waals surface area (Å²) in [7, 11) is 0. The molecule has 1 aliphatic heterocycles. The lowest BCUT2D eigenvalue weighted by Gasteiger charge is -2.34. The normalized spacial score (nSPS) is 17.5. The number of rotatable bonds is 7. The molecule has 0 saturated carbocycles. The molecule has 4 heterocycles. The van der Waals surface area contributed by atoms with Crippen molar-refractivity contribution in [1.29, 1.82) is 0 Å². The van der Waals surface area contributed by atoms with Crippen molar-refractivity contribution in [2.24, 2.45) is 0 Å². The van der Waals surface area contributed by atoms with Crippen LogP contribution in [0.3, 0.4) is 0 Å².